The lowest BCUT2D eigenvalue weighted by Gasteiger charge is -2.21. The molecule has 0 unspecified atom stereocenters. The van der Waals surface area contributed by atoms with Crippen LogP contribution in [-0.2, 0) is 9.53 Å². The fraction of sp³-hybridized carbons (Fsp3) is 0.875. The van der Waals surface area contributed by atoms with Crippen LogP contribution < -0.4 is 5.32 Å². The molecule has 0 aliphatic carbocycles. The van der Waals surface area contributed by atoms with Gasteiger partial charge in [0.15, 0.2) is 0 Å². The SMILES string of the molecule is Cl.O=C(O)COCC1CCNCC1. The molecule has 0 aromatic rings. The number of ether oxygens (including phenoxy) is 1. The van der Waals surface area contributed by atoms with E-state index in [0.717, 1.165) is 25.9 Å². The minimum atomic E-state index is -0.885. The predicted octanol–water partition coefficient (Wildman–Crippen LogP) is 0.509. The molecule has 0 amide bonds. The van der Waals surface area contributed by atoms with Crippen LogP contribution in [0, 0.1) is 5.92 Å². The van der Waals surface area contributed by atoms with Gasteiger partial charge in [0, 0.05) is 0 Å². The van der Waals surface area contributed by atoms with E-state index >= 15 is 0 Å². The molecule has 1 heterocycles. The van der Waals surface area contributed by atoms with Crippen molar-refractivity contribution in [2.45, 2.75) is 12.8 Å². The zero-order chi connectivity index (χ0) is 8.81. The van der Waals surface area contributed by atoms with E-state index in [9.17, 15) is 4.79 Å². The number of hydrogen-bond donors (Lipinski definition) is 2. The molecule has 1 fully saturated rings. The van der Waals surface area contributed by atoms with Gasteiger partial charge >= 0.3 is 5.97 Å². The Morgan fingerprint density at radius 1 is 1.46 bits per heavy atom. The Balaban J connectivity index is 0.00000144. The second-order valence-electron chi connectivity index (χ2n) is 3.10. The molecule has 0 saturated carbocycles. The Kier molecular flexibility index (Phi) is 6.94. The normalized spacial score (nSPS) is 17.8. The van der Waals surface area contributed by atoms with E-state index in [2.05, 4.69) is 5.32 Å². The van der Waals surface area contributed by atoms with E-state index in [-0.39, 0.29) is 19.0 Å². The van der Waals surface area contributed by atoms with Crippen molar-refractivity contribution in [1.82, 2.24) is 5.32 Å². The molecule has 1 rings (SSSR count). The van der Waals surface area contributed by atoms with Crippen LogP contribution in [0.1, 0.15) is 12.8 Å². The molecule has 1 aliphatic rings. The third kappa shape index (κ3) is 5.85. The first-order valence-electron chi connectivity index (χ1n) is 4.29. The summed E-state index contributed by atoms with van der Waals surface area (Å²) in [7, 11) is 0. The van der Waals surface area contributed by atoms with Crippen molar-refractivity contribution in [3.8, 4) is 0 Å². The van der Waals surface area contributed by atoms with E-state index in [1.807, 2.05) is 0 Å². The minimum Gasteiger partial charge on any atom is -0.480 e. The van der Waals surface area contributed by atoms with Crippen molar-refractivity contribution in [3.63, 3.8) is 0 Å². The Labute approximate surface area is 84.1 Å². The van der Waals surface area contributed by atoms with Crippen molar-refractivity contribution < 1.29 is 14.6 Å². The highest BCUT2D eigenvalue weighted by Crippen LogP contribution is 2.11. The number of rotatable bonds is 4. The van der Waals surface area contributed by atoms with Crippen LogP contribution in [0.25, 0.3) is 0 Å². The fourth-order valence-electron chi connectivity index (χ4n) is 1.36. The zero-order valence-corrected chi connectivity index (χ0v) is 8.31. The van der Waals surface area contributed by atoms with Gasteiger partial charge in [0.2, 0.25) is 0 Å². The zero-order valence-electron chi connectivity index (χ0n) is 7.49. The lowest BCUT2D eigenvalue weighted by molar-refractivity contribution is -0.142. The first-order chi connectivity index (χ1) is 5.79. The van der Waals surface area contributed by atoms with E-state index in [1.165, 1.54) is 0 Å². The van der Waals surface area contributed by atoms with Crippen LogP contribution in [0.2, 0.25) is 0 Å². The summed E-state index contributed by atoms with van der Waals surface area (Å²) >= 11 is 0. The van der Waals surface area contributed by atoms with Gasteiger partial charge in [-0.25, -0.2) is 4.79 Å². The predicted molar refractivity (Wildman–Crippen MR) is 51.3 cm³/mol. The highest BCUT2D eigenvalue weighted by molar-refractivity contribution is 5.85. The van der Waals surface area contributed by atoms with E-state index < -0.39 is 5.97 Å². The Morgan fingerprint density at radius 3 is 2.62 bits per heavy atom. The molecule has 1 aliphatic heterocycles. The van der Waals surface area contributed by atoms with Gasteiger partial charge in [0.25, 0.3) is 0 Å². The molecular weight excluding hydrogens is 194 g/mol. The summed E-state index contributed by atoms with van der Waals surface area (Å²) in [6.07, 6.45) is 2.19. The van der Waals surface area contributed by atoms with Gasteiger partial charge < -0.3 is 15.2 Å². The molecule has 0 spiro atoms. The molecule has 0 aromatic carbocycles. The summed E-state index contributed by atoms with van der Waals surface area (Å²) in [6, 6.07) is 0. The number of piperidine rings is 1. The number of carboxylic acids is 1. The maximum absolute atomic E-state index is 10.1. The highest BCUT2D eigenvalue weighted by Gasteiger charge is 2.13. The average molecular weight is 210 g/mol. The van der Waals surface area contributed by atoms with Gasteiger partial charge in [-0.1, -0.05) is 0 Å². The third-order valence-electron chi connectivity index (χ3n) is 2.04. The van der Waals surface area contributed by atoms with Gasteiger partial charge in [0.05, 0.1) is 6.61 Å². The molecule has 1 saturated heterocycles. The summed E-state index contributed by atoms with van der Waals surface area (Å²) in [6.45, 7) is 2.49. The van der Waals surface area contributed by atoms with Gasteiger partial charge in [-0.15, -0.1) is 12.4 Å². The fourth-order valence-corrected chi connectivity index (χ4v) is 1.36. The lowest BCUT2D eigenvalue weighted by atomic mass is 9.99. The molecule has 4 nitrogen and oxygen atoms in total. The molecular formula is C8H16ClNO3. The first-order valence-corrected chi connectivity index (χ1v) is 4.29. The lowest BCUT2D eigenvalue weighted by Crippen LogP contribution is -2.30. The summed E-state index contributed by atoms with van der Waals surface area (Å²) in [5.74, 6) is -0.338. The number of carboxylic acid groups (broad SMARTS) is 1. The van der Waals surface area contributed by atoms with E-state index in [4.69, 9.17) is 9.84 Å². The molecule has 0 bridgehead atoms. The summed E-state index contributed by atoms with van der Waals surface area (Å²) in [4.78, 5) is 10.1. The van der Waals surface area contributed by atoms with E-state index in [0.29, 0.717) is 12.5 Å². The van der Waals surface area contributed by atoms with Crippen molar-refractivity contribution in [2.24, 2.45) is 5.92 Å². The van der Waals surface area contributed by atoms with Crippen LogP contribution >= 0.6 is 12.4 Å². The summed E-state index contributed by atoms with van der Waals surface area (Å²) in [5.41, 5.74) is 0. The van der Waals surface area contributed by atoms with Crippen LogP contribution in [0.3, 0.4) is 0 Å². The van der Waals surface area contributed by atoms with Crippen LogP contribution in [0.5, 0.6) is 0 Å². The van der Waals surface area contributed by atoms with Crippen molar-refractivity contribution in [3.05, 3.63) is 0 Å². The number of hydrogen-bond acceptors (Lipinski definition) is 3. The minimum absolute atomic E-state index is 0. The van der Waals surface area contributed by atoms with Gasteiger partial charge in [-0.05, 0) is 31.8 Å². The van der Waals surface area contributed by atoms with Crippen molar-refractivity contribution >= 4 is 18.4 Å². The smallest absolute Gasteiger partial charge is 0.329 e. The molecule has 0 atom stereocenters. The second kappa shape index (κ2) is 7.12. The van der Waals surface area contributed by atoms with Crippen LogP contribution in [-0.4, -0.2) is 37.4 Å². The average Bonchev–Trinajstić information content (AvgIpc) is 2.05. The Hall–Kier alpha value is -0.320. The van der Waals surface area contributed by atoms with E-state index in [1.54, 1.807) is 0 Å². The molecule has 5 heteroatoms. The maximum Gasteiger partial charge on any atom is 0.329 e. The molecule has 13 heavy (non-hydrogen) atoms. The second-order valence-corrected chi connectivity index (χ2v) is 3.10. The number of aliphatic carboxylic acids is 1. The summed E-state index contributed by atoms with van der Waals surface area (Å²) in [5, 5.41) is 11.5. The monoisotopic (exact) mass is 209 g/mol. The number of halogens is 1. The first kappa shape index (κ1) is 12.7. The van der Waals surface area contributed by atoms with Crippen molar-refractivity contribution in [1.29, 1.82) is 0 Å². The van der Waals surface area contributed by atoms with Crippen LogP contribution in [0.4, 0.5) is 0 Å². The molecule has 0 aromatic heterocycles. The number of carbonyl (C=O) groups is 1. The standard InChI is InChI=1S/C8H15NO3.ClH/c10-8(11)6-12-5-7-1-3-9-4-2-7;/h7,9H,1-6H2,(H,10,11);1H. The molecule has 0 radical (unpaired) electrons. The van der Waals surface area contributed by atoms with Gasteiger partial charge in [0.1, 0.15) is 6.61 Å². The van der Waals surface area contributed by atoms with Crippen LogP contribution in [0.15, 0.2) is 0 Å². The largest absolute Gasteiger partial charge is 0.480 e. The van der Waals surface area contributed by atoms with Gasteiger partial charge in [-0.2, -0.15) is 0 Å². The Bertz CT molecular complexity index is 148. The highest BCUT2D eigenvalue weighted by atomic mass is 35.5. The van der Waals surface area contributed by atoms with Gasteiger partial charge in [-0.3, -0.25) is 0 Å². The third-order valence-corrected chi connectivity index (χ3v) is 2.04. The van der Waals surface area contributed by atoms with Crippen molar-refractivity contribution in [2.75, 3.05) is 26.3 Å². The number of nitrogens with one attached hydrogen (secondary N) is 1. The molecule has 2 N–H and O–H groups in total. The summed E-state index contributed by atoms with van der Waals surface area (Å²) < 4.78 is 5.01. The maximum atomic E-state index is 10.1. The Morgan fingerprint density at radius 2 is 2.08 bits per heavy atom. The quantitative estimate of drug-likeness (QED) is 0.709. The molecule has 78 valence electrons. The topological polar surface area (TPSA) is 58.6 Å².